The first kappa shape index (κ1) is 17.1. The molecule has 138 valence electrons. The van der Waals surface area contributed by atoms with Crippen LogP contribution in [0.3, 0.4) is 0 Å². The lowest BCUT2D eigenvalue weighted by Crippen LogP contribution is -2.51. The van der Waals surface area contributed by atoms with E-state index in [9.17, 15) is 18.0 Å². The standard InChI is InChI=1S/C19H20F3N3O/c20-19(21,22)17-12-16(14-6-1-2-7-15(14)23-17)24-8-10-25(11-9-24)18(26)13-4-3-5-13/h1-2,6-7,12-13H,3-5,8-11H2/p+1. The van der Waals surface area contributed by atoms with Crippen molar-refractivity contribution in [2.45, 2.75) is 25.4 Å². The highest BCUT2D eigenvalue weighted by molar-refractivity contribution is 5.90. The number of alkyl halides is 3. The Balaban J connectivity index is 1.59. The van der Waals surface area contributed by atoms with Gasteiger partial charge in [0.1, 0.15) is 0 Å². The van der Waals surface area contributed by atoms with Gasteiger partial charge in [0.05, 0.1) is 11.1 Å². The van der Waals surface area contributed by atoms with Gasteiger partial charge in [-0.3, -0.25) is 4.79 Å². The lowest BCUT2D eigenvalue weighted by molar-refractivity contribution is -0.398. The third-order valence-corrected chi connectivity index (χ3v) is 5.45. The molecule has 7 heteroatoms. The Morgan fingerprint density at radius 1 is 1.08 bits per heavy atom. The summed E-state index contributed by atoms with van der Waals surface area (Å²) in [6.45, 7) is 2.21. The number of piperazine rings is 1. The number of aromatic nitrogens is 1. The van der Waals surface area contributed by atoms with Crippen molar-refractivity contribution in [3.05, 3.63) is 36.0 Å². The largest absolute Gasteiger partial charge is 0.477 e. The molecule has 0 atom stereocenters. The molecule has 1 aliphatic heterocycles. The number of H-pyrrole nitrogens is 1. The molecule has 0 radical (unpaired) electrons. The number of carbonyl (C=O) groups is 1. The van der Waals surface area contributed by atoms with Crippen LogP contribution in [0.5, 0.6) is 0 Å². The molecule has 1 amide bonds. The van der Waals surface area contributed by atoms with Crippen molar-refractivity contribution < 1.29 is 22.9 Å². The summed E-state index contributed by atoms with van der Waals surface area (Å²) >= 11 is 0. The van der Waals surface area contributed by atoms with Gasteiger partial charge in [-0.2, -0.15) is 13.2 Å². The molecule has 0 bridgehead atoms. The van der Waals surface area contributed by atoms with Gasteiger partial charge < -0.3 is 9.80 Å². The molecule has 4 nitrogen and oxygen atoms in total. The Morgan fingerprint density at radius 3 is 2.38 bits per heavy atom. The Kier molecular flexibility index (Phi) is 4.25. The summed E-state index contributed by atoms with van der Waals surface area (Å²) in [6, 6.07) is 8.21. The van der Waals surface area contributed by atoms with Crippen LogP contribution in [0.25, 0.3) is 10.9 Å². The van der Waals surface area contributed by atoms with Crippen molar-refractivity contribution in [2.24, 2.45) is 5.92 Å². The van der Waals surface area contributed by atoms with Crippen LogP contribution in [0.4, 0.5) is 18.9 Å². The molecule has 2 heterocycles. The minimum Gasteiger partial charge on any atom is -0.367 e. The summed E-state index contributed by atoms with van der Waals surface area (Å²) < 4.78 is 39.8. The van der Waals surface area contributed by atoms with E-state index < -0.39 is 11.9 Å². The molecule has 1 N–H and O–H groups in total. The maximum absolute atomic E-state index is 13.3. The van der Waals surface area contributed by atoms with Gasteiger partial charge in [0.25, 0.3) is 5.69 Å². The molecule has 0 spiro atoms. The van der Waals surface area contributed by atoms with Crippen LogP contribution in [-0.2, 0) is 11.0 Å². The molecule has 0 unspecified atom stereocenters. The van der Waals surface area contributed by atoms with E-state index in [1.807, 2.05) is 21.9 Å². The number of benzene rings is 1. The number of nitrogens with one attached hydrogen (secondary N) is 1. The van der Waals surface area contributed by atoms with E-state index in [2.05, 4.69) is 4.98 Å². The number of halogens is 3. The molecule has 1 aromatic carbocycles. The molecule has 1 saturated heterocycles. The average molecular weight is 364 g/mol. The molecule has 26 heavy (non-hydrogen) atoms. The predicted molar refractivity (Wildman–Crippen MR) is 91.6 cm³/mol. The molecule has 1 aromatic heterocycles. The Labute approximate surface area is 149 Å². The second kappa shape index (κ2) is 6.45. The zero-order valence-electron chi connectivity index (χ0n) is 14.4. The predicted octanol–water partition coefficient (Wildman–Crippen LogP) is 3.12. The maximum atomic E-state index is 13.3. The number of anilines is 1. The average Bonchev–Trinajstić information content (AvgIpc) is 2.58. The van der Waals surface area contributed by atoms with Crippen molar-refractivity contribution in [2.75, 3.05) is 31.1 Å². The van der Waals surface area contributed by atoms with Crippen LogP contribution in [0.1, 0.15) is 25.0 Å². The van der Waals surface area contributed by atoms with E-state index >= 15 is 0 Å². The van der Waals surface area contributed by atoms with Gasteiger partial charge in [-0.25, -0.2) is 4.98 Å². The highest BCUT2D eigenvalue weighted by atomic mass is 19.4. The van der Waals surface area contributed by atoms with Gasteiger partial charge in [0.2, 0.25) is 11.4 Å². The number of rotatable bonds is 2. The van der Waals surface area contributed by atoms with E-state index in [0.717, 1.165) is 24.6 Å². The Hall–Kier alpha value is -2.31. The smallest absolute Gasteiger partial charge is 0.367 e. The van der Waals surface area contributed by atoms with Gasteiger partial charge in [0.15, 0.2) is 0 Å². The monoisotopic (exact) mass is 364 g/mol. The SMILES string of the molecule is O=C(C1CCC1)N1CCN(c2cc(C(F)(F)F)[nH+]c3ccccc23)CC1. The number of hydrogen-bond acceptors (Lipinski definition) is 2. The topological polar surface area (TPSA) is 37.7 Å². The number of nitrogens with zero attached hydrogens (tertiary/aromatic N) is 2. The van der Waals surface area contributed by atoms with Gasteiger partial charge >= 0.3 is 6.18 Å². The van der Waals surface area contributed by atoms with Crippen LogP contribution in [-0.4, -0.2) is 37.0 Å². The summed E-state index contributed by atoms with van der Waals surface area (Å²) in [6.07, 6.45) is -1.38. The van der Waals surface area contributed by atoms with Crippen molar-refractivity contribution in [1.29, 1.82) is 0 Å². The van der Waals surface area contributed by atoms with E-state index in [-0.39, 0.29) is 11.8 Å². The van der Waals surface area contributed by atoms with Crippen molar-refractivity contribution in [3.8, 4) is 0 Å². The number of carbonyl (C=O) groups excluding carboxylic acids is 1. The number of aromatic amines is 1. The molecular formula is C19H21F3N3O+. The summed E-state index contributed by atoms with van der Waals surface area (Å²) in [4.78, 5) is 18.7. The Morgan fingerprint density at radius 2 is 1.77 bits per heavy atom. The molecule has 2 aromatic rings. The van der Waals surface area contributed by atoms with Crippen LogP contribution in [0.2, 0.25) is 0 Å². The maximum Gasteiger partial charge on any atom is 0.477 e. The van der Waals surface area contributed by atoms with Crippen LogP contribution >= 0.6 is 0 Å². The van der Waals surface area contributed by atoms with Crippen molar-refractivity contribution >= 4 is 22.5 Å². The molecule has 1 aliphatic carbocycles. The number of hydrogen-bond donors (Lipinski definition) is 0. The number of para-hydroxylation sites is 1. The fourth-order valence-electron chi connectivity index (χ4n) is 3.71. The highest BCUT2D eigenvalue weighted by Gasteiger charge is 2.40. The molecule has 2 aliphatic rings. The van der Waals surface area contributed by atoms with Gasteiger partial charge in [-0.15, -0.1) is 0 Å². The number of fused-ring (bicyclic) bond motifs is 1. The highest BCUT2D eigenvalue weighted by Crippen LogP contribution is 2.33. The van der Waals surface area contributed by atoms with Gasteiger partial charge in [0, 0.05) is 44.2 Å². The first-order valence-electron chi connectivity index (χ1n) is 8.99. The lowest BCUT2D eigenvalue weighted by atomic mass is 9.84. The van der Waals surface area contributed by atoms with Crippen molar-refractivity contribution in [3.63, 3.8) is 0 Å². The number of amides is 1. The second-order valence-corrected chi connectivity index (χ2v) is 7.05. The lowest BCUT2D eigenvalue weighted by Gasteiger charge is -2.39. The van der Waals surface area contributed by atoms with E-state index in [1.54, 1.807) is 12.1 Å². The van der Waals surface area contributed by atoms with Crippen LogP contribution < -0.4 is 9.88 Å². The summed E-state index contributed by atoms with van der Waals surface area (Å²) in [7, 11) is 0. The quantitative estimate of drug-likeness (QED) is 0.821. The Bertz CT molecular complexity index is 824. The third-order valence-electron chi connectivity index (χ3n) is 5.45. The first-order valence-corrected chi connectivity index (χ1v) is 8.99. The minimum atomic E-state index is -4.43. The zero-order valence-corrected chi connectivity index (χ0v) is 14.4. The fourth-order valence-corrected chi connectivity index (χ4v) is 3.71. The van der Waals surface area contributed by atoms with E-state index in [0.29, 0.717) is 37.4 Å². The third kappa shape index (κ3) is 3.10. The fraction of sp³-hybridized carbons (Fsp3) is 0.474. The first-order chi connectivity index (χ1) is 12.4. The summed E-state index contributed by atoms with van der Waals surface area (Å²) in [5.41, 5.74) is 0.284. The van der Waals surface area contributed by atoms with Gasteiger partial charge in [-0.1, -0.05) is 18.6 Å². The van der Waals surface area contributed by atoms with Crippen molar-refractivity contribution in [1.82, 2.24) is 4.90 Å². The summed E-state index contributed by atoms with van der Waals surface area (Å²) in [5.74, 6) is 0.365. The van der Waals surface area contributed by atoms with Crippen LogP contribution in [0, 0.1) is 5.92 Å². The normalized spacial score (nSPS) is 18.9. The summed E-state index contributed by atoms with van der Waals surface area (Å²) in [5, 5.41) is 0.763. The van der Waals surface area contributed by atoms with Gasteiger partial charge in [-0.05, 0) is 18.9 Å². The molecular weight excluding hydrogens is 343 g/mol. The molecule has 4 rings (SSSR count). The molecule has 1 saturated carbocycles. The van der Waals surface area contributed by atoms with E-state index in [4.69, 9.17) is 0 Å². The zero-order chi connectivity index (χ0) is 18.3. The van der Waals surface area contributed by atoms with E-state index in [1.165, 1.54) is 6.07 Å². The molecule has 2 fully saturated rings. The second-order valence-electron chi connectivity index (χ2n) is 7.05. The number of pyridine rings is 1. The van der Waals surface area contributed by atoms with Crippen LogP contribution in [0.15, 0.2) is 30.3 Å². The minimum absolute atomic E-state index is 0.158.